The number of likely N-dealkylation sites (tertiary alicyclic amines) is 1. The van der Waals surface area contributed by atoms with Crippen molar-refractivity contribution in [3.05, 3.63) is 29.0 Å². The van der Waals surface area contributed by atoms with Crippen LogP contribution in [0, 0.1) is 5.82 Å². The lowest BCUT2D eigenvalue weighted by atomic mass is 10.2. The van der Waals surface area contributed by atoms with Crippen LogP contribution in [0.2, 0.25) is 5.02 Å². The highest BCUT2D eigenvalue weighted by Crippen LogP contribution is 2.25. The third-order valence-electron chi connectivity index (χ3n) is 3.49. The lowest BCUT2D eigenvalue weighted by molar-refractivity contribution is -0.135. The highest BCUT2D eigenvalue weighted by atomic mass is 35.5. The molecule has 5 nitrogen and oxygen atoms in total. The van der Waals surface area contributed by atoms with E-state index in [1.165, 1.54) is 17.0 Å². The number of carbonyl (C=O) groups excluding carboxylic acids is 1. The SMILES string of the molecule is CO[C@H]1C[C@@H](CO)N(C(=O)COc2ccc(F)cc2Cl)C1. The molecule has 0 bridgehead atoms. The Labute approximate surface area is 127 Å². The van der Waals surface area contributed by atoms with Crippen molar-refractivity contribution < 1.29 is 23.8 Å². The molecule has 1 fully saturated rings. The lowest BCUT2D eigenvalue weighted by Gasteiger charge is -2.22. The van der Waals surface area contributed by atoms with Crippen LogP contribution in [0.25, 0.3) is 0 Å². The summed E-state index contributed by atoms with van der Waals surface area (Å²) in [7, 11) is 1.57. The zero-order valence-electron chi connectivity index (χ0n) is 11.6. The summed E-state index contributed by atoms with van der Waals surface area (Å²) in [6.45, 7) is 0.0717. The Morgan fingerprint density at radius 2 is 2.33 bits per heavy atom. The van der Waals surface area contributed by atoms with Crippen LogP contribution in [0.15, 0.2) is 18.2 Å². The standard InChI is InChI=1S/C14H17ClFNO4/c1-20-11-5-10(7-18)17(6-11)14(19)8-21-13-3-2-9(16)4-12(13)15/h2-4,10-11,18H,5-8H2,1H3/t10-,11-/m0/s1. The molecule has 0 unspecified atom stereocenters. The summed E-state index contributed by atoms with van der Waals surface area (Å²) in [6, 6.07) is 3.43. The Hall–Kier alpha value is -1.37. The number of nitrogens with zero attached hydrogens (tertiary/aromatic N) is 1. The summed E-state index contributed by atoms with van der Waals surface area (Å²) >= 11 is 5.82. The number of benzene rings is 1. The summed E-state index contributed by atoms with van der Waals surface area (Å²) in [5.74, 6) is -0.495. The highest BCUT2D eigenvalue weighted by Gasteiger charge is 2.34. The first kappa shape index (κ1) is 16.0. The lowest BCUT2D eigenvalue weighted by Crippen LogP contribution is -2.40. The van der Waals surface area contributed by atoms with Gasteiger partial charge in [0.25, 0.3) is 5.91 Å². The molecule has 2 rings (SSSR count). The summed E-state index contributed by atoms with van der Waals surface area (Å²) in [6.07, 6.45) is 0.510. The molecule has 0 saturated carbocycles. The molecule has 1 heterocycles. The predicted octanol–water partition coefficient (Wildman–Crippen LogP) is 1.47. The number of hydrogen-bond acceptors (Lipinski definition) is 4. The number of aliphatic hydroxyl groups excluding tert-OH is 1. The van der Waals surface area contributed by atoms with Gasteiger partial charge in [-0.3, -0.25) is 4.79 Å². The van der Waals surface area contributed by atoms with Crippen LogP contribution in [0.3, 0.4) is 0 Å². The minimum absolute atomic E-state index is 0.0829. The fourth-order valence-corrected chi connectivity index (χ4v) is 2.56. The number of methoxy groups -OCH3 is 1. The number of rotatable bonds is 5. The van der Waals surface area contributed by atoms with Gasteiger partial charge in [0.15, 0.2) is 6.61 Å². The van der Waals surface area contributed by atoms with Crippen molar-refractivity contribution in [3.8, 4) is 5.75 Å². The van der Waals surface area contributed by atoms with Crippen molar-refractivity contribution in [1.29, 1.82) is 0 Å². The second-order valence-corrected chi connectivity index (χ2v) is 5.25. The maximum atomic E-state index is 12.9. The van der Waals surface area contributed by atoms with E-state index in [-0.39, 0.29) is 42.0 Å². The molecule has 1 aliphatic rings. The zero-order chi connectivity index (χ0) is 15.4. The minimum atomic E-state index is -0.471. The molecule has 0 aliphatic carbocycles. The van der Waals surface area contributed by atoms with Crippen molar-refractivity contribution in [3.63, 3.8) is 0 Å². The first-order valence-electron chi connectivity index (χ1n) is 6.56. The van der Waals surface area contributed by atoms with E-state index in [0.717, 1.165) is 6.07 Å². The molecule has 0 aromatic heterocycles. The molecule has 7 heteroatoms. The van der Waals surface area contributed by atoms with Crippen LogP contribution in [0.4, 0.5) is 4.39 Å². The molecule has 1 aliphatic heterocycles. The predicted molar refractivity (Wildman–Crippen MR) is 74.9 cm³/mol. The Bertz CT molecular complexity index is 514. The quantitative estimate of drug-likeness (QED) is 0.893. The zero-order valence-corrected chi connectivity index (χ0v) is 12.3. The first-order valence-corrected chi connectivity index (χ1v) is 6.94. The van der Waals surface area contributed by atoms with E-state index >= 15 is 0 Å². The summed E-state index contributed by atoms with van der Waals surface area (Å²) < 4.78 is 23.4. The summed E-state index contributed by atoms with van der Waals surface area (Å²) in [5, 5.41) is 9.41. The van der Waals surface area contributed by atoms with Crippen LogP contribution in [-0.4, -0.2) is 54.9 Å². The van der Waals surface area contributed by atoms with Crippen LogP contribution in [0.1, 0.15) is 6.42 Å². The van der Waals surface area contributed by atoms with E-state index in [2.05, 4.69) is 0 Å². The fraction of sp³-hybridized carbons (Fsp3) is 0.500. The Morgan fingerprint density at radius 1 is 1.57 bits per heavy atom. The fourth-order valence-electron chi connectivity index (χ4n) is 2.34. The van der Waals surface area contributed by atoms with E-state index in [1.54, 1.807) is 7.11 Å². The number of hydrogen-bond donors (Lipinski definition) is 1. The van der Waals surface area contributed by atoms with Crippen LogP contribution < -0.4 is 4.74 Å². The topological polar surface area (TPSA) is 59.0 Å². The second kappa shape index (κ2) is 7.06. The number of amides is 1. The molecular formula is C14H17ClFNO4. The van der Waals surface area contributed by atoms with E-state index < -0.39 is 5.82 Å². The molecule has 0 spiro atoms. The van der Waals surface area contributed by atoms with E-state index in [4.69, 9.17) is 21.1 Å². The van der Waals surface area contributed by atoms with Gasteiger partial charge in [0, 0.05) is 13.7 Å². The number of halogens is 2. The first-order chi connectivity index (χ1) is 10.0. The van der Waals surface area contributed by atoms with Gasteiger partial charge < -0.3 is 19.5 Å². The third kappa shape index (κ3) is 3.84. The van der Waals surface area contributed by atoms with Gasteiger partial charge in [-0.2, -0.15) is 0 Å². The molecule has 1 aromatic carbocycles. The van der Waals surface area contributed by atoms with Crippen molar-refractivity contribution in [2.75, 3.05) is 26.9 Å². The Kier molecular flexibility index (Phi) is 5.39. The van der Waals surface area contributed by atoms with Gasteiger partial charge in [0.1, 0.15) is 11.6 Å². The normalized spacial score (nSPS) is 21.6. The summed E-state index contributed by atoms with van der Waals surface area (Å²) in [5.41, 5.74) is 0. The van der Waals surface area contributed by atoms with E-state index in [9.17, 15) is 14.3 Å². The maximum Gasteiger partial charge on any atom is 0.260 e. The molecular weight excluding hydrogens is 301 g/mol. The Morgan fingerprint density at radius 3 is 2.95 bits per heavy atom. The van der Waals surface area contributed by atoms with Crippen LogP contribution in [0.5, 0.6) is 5.75 Å². The van der Waals surface area contributed by atoms with Gasteiger partial charge in [0.05, 0.1) is 23.8 Å². The molecule has 2 atom stereocenters. The second-order valence-electron chi connectivity index (χ2n) is 4.84. The van der Waals surface area contributed by atoms with Gasteiger partial charge in [-0.15, -0.1) is 0 Å². The molecule has 1 saturated heterocycles. The van der Waals surface area contributed by atoms with Crippen molar-refractivity contribution in [2.24, 2.45) is 0 Å². The van der Waals surface area contributed by atoms with Gasteiger partial charge in [0.2, 0.25) is 0 Å². The van der Waals surface area contributed by atoms with Gasteiger partial charge >= 0.3 is 0 Å². The molecule has 116 valence electrons. The van der Waals surface area contributed by atoms with Gasteiger partial charge in [-0.1, -0.05) is 11.6 Å². The third-order valence-corrected chi connectivity index (χ3v) is 3.78. The van der Waals surface area contributed by atoms with Crippen molar-refractivity contribution in [1.82, 2.24) is 4.90 Å². The van der Waals surface area contributed by atoms with Crippen molar-refractivity contribution >= 4 is 17.5 Å². The number of ether oxygens (including phenoxy) is 2. The molecule has 1 N–H and O–H groups in total. The molecule has 1 amide bonds. The Balaban J connectivity index is 1.95. The van der Waals surface area contributed by atoms with E-state index in [0.29, 0.717) is 13.0 Å². The van der Waals surface area contributed by atoms with Crippen LogP contribution >= 0.6 is 11.6 Å². The number of carbonyl (C=O) groups is 1. The largest absolute Gasteiger partial charge is 0.482 e. The number of aliphatic hydroxyl groups is 1. The monoisotopic (exact) mass is 317 g/mol. The molecule has 1 aromatic rings. The molecule has 21 heavy (non-hydrogen) atoms. The maximum absolute atomic E-state index is 12.9. The van der Waals surface area contributed by atoms with Gasteiger partial charge in [-0.25, -0.2) is 4.39 Å². The van der Waals surface area contributed by atoms with Crippen molar-refractivity contribution in [2.45, 2.75) is 18.6 Å². The minimum Gasteiger partial charge on any atom is -0.482 e. The average molecular weight is 318 g/mol. The van der Waals surface area contributed by atoms with Crippen LogP contribution in [-0.2, 0) is 9.53 Å². The van der Waals surface area contributed by atoms with Gasteiger partial charge in [-0.05, 0) is 24.6 Å². The van der Waals surface area contributed by atoms with E-state index in [1.807, 2.05) is 0 Å². The smallest absolute Gasteiger partial charge is 0.260 e. The highest BCUT2D eigenvalue weighted by molar-refractivity contribution is 6.32. The summed E-state index contributed by atoms with van der Waals surface area (Å²) in [4.78, 5) is 13.7. The molecule has 0 radical (unpaired) electrons. The average Bonchev–Trinajstić information content (AvgIpc) is 2.89.